The molecule has 4 heteroatoms. The number of anilines is 2. The lowest BCUT2D eigenvalue weighted by molar-refractivity contribution is 0.626. The molecular formula is C11H11FN2S. The molecule has 0 aliphatic rings. The second-order valence-corrected chi connectivity index (χ2v) is 3.97. The molecule has 0 bridgehead atoms. The molecule has 2 nitrogen and oxygen atoms in total. The summed E-state index contributed by atoms with van der Waals surface area (Å²) in [6.45, 7) is 0.343. The Labute approximate surface area is 91.5 Å². The quantitative estimate of drug-likeness (QED) is 0.837. The average Bonchev–Trinajstić information content (AvgIpc) is 2.69. The van der Waals surface area contributed by atoms with Gasteiger partial charge in [-0.15, -0.1) is 0 Å². The van der Waals surface area contributed by atoms with E-state index in [1.807, 2.05) is 22.9 Å². The van der Waals surface area contributed by atoms with Gasteiger partial charge < -0.3 is 11.1 Å². The molecule has 1 aromatic carbocycles. The molecule has 3 N–H and O–H groups in total. The van der Waals surface area contributed by atoms with Crippen molar-refractivity contribution in [3.05, 3.63) is 46.4 Å². The van der Waals surface area contributed by atoms with Crippen LogP contribution in [0.25, 0.3) is 0 Å². The Bertz CT molecular complexity index is 440. The molecule has 0 amide bonds. The Balaban J connectivity index is 2.24. The lowest BCUT2D eigenvalue weighted by atomic mass is 10.2. The number of rotatable bonds is 3. The van der Waals surface area contributed by atoms with Gasteiger partial charge in [0.25, 0.3) is 0 Å². The number of hydrogen-bond donors (Lipinski definition) is 2. The first-order chi connectivity index (χ1) is 7.28. The minimum absolute atomic E-state index is 0.268. The molecule has 15 heavy (non-hydrogen) atoms. The number of hydrogen-bond acceptors (Lipinski definition) is 3. The summed E-state index contributed by atoms with van der Waals surface area (Å²) in [5, 5.41) is 7.04. The van der Waals surface area contributed by atoms with E-state index in [9.17, 15) is 4.39 Å². The summed E-state index contributed by atoms with van der Waals surface area (Å²) in [7, 11) is 0. The van der Waals surface area contributed by atoms with E-state index in [2.05, 4.69) is 5.32 Å². The van der Waals surface area contributed by atoms with Crippen LogP contribution in [0.4, 0.5) is 15.8 Å². The zero-order valence-corrected chi connectivity index (χ0v) is 8.85. The lowest BCUT2D eigenvalue weighted by Gasteiger charge is -2.06. The van der Waals surface area contributed by atoms with E-state index in [1.54, 1.807) is 11.3 Å². The van der Waals surface area contributed by atoms with Crippen LogP contribution >= 0.6 is 11.3 Å². The molecule has 2 aromatic rings. The van der Waals surface area contributed by atoms with Gasteiger partial charge in [-0.25, -0.2) is 4.39 Å². The Kier molecular flexibility index (Phi) is 2.99. The first kappa shape index (κ1) is 10.1. The van der Waals surface area contributed by atoms with Crippen molar-refractivity contribution in [2.24, 2.45) is 5.73 Å². The van der Waals surface area contributed by atoms with Crippen LogP contribution in [0, 0.1) is 5.82 Å². The van der Waals surface area contributed by atoms with Crippen LogP contribution in [0.3, 0.4) is 0 Å². The number of thiophene rings is 1. The van der Waals surface area contributed by atoms with E-state index in [-0.39, 0.29) is 5.82 Å². The fraction of sp³-hybridized carbons (Fsp3) is 0.0909. The van der Waals surface area contributed by atoms with E-state index in [0.717, 1.165) is 16.9 Å². The number of nitrogens with two attached hydrogens (primary N) is 1. The number of nitrogens with one attached hydrogen (secondary N) is 1. The fourth-order valence-electron chi connectivity index (χ4n) is 1.34. The van der Waals surface area contributed by atoms with E-state index in [0.29, 0.717) is 6.54 Å². The maximum Gasteiger partial charge on any atom is 0.125 e. The van der Waals surface area contributed by atoms with Crippen LogP contribution in [-0.4, -0.2) is 0 Å². The van der Waals surface area contributed by atoms with Crippen molar-refractivity contribution in [3.63, 3.8) is 0 Å². The second kappa shape index (κ2) is 4.42. The topological polar surface area (TPSA) is 38.0 Å². The van der Waals surface area contributed by atoms with Crippen molar-refractivity contribution >= 4 is 22.7 Å². The Morgan fingerprint density at radius 1 is 1.27 bits per heavy atom. The molecule has 2 rings (SSSR count). The van der Waals surface area contributed by atoms with Crippen molar-refractivity contribution in [1.29, 1.82) is 0 Å². The molecule has 0 atom stereocenters. The normalized spacial score (nSPS) is 10.3. The Hall–Kier alpha value is -1.39. The van der Waals surface area contributed by atoms with Crippen molar-refractivity contribution in [2.75, 3.05) is 5.32 Å². The zero-order chi connectivity index (χ0) is 10.7. The summed E-state index contributed by atoms with van der Waals surface area (Å²) >= 11 is 1.59. The molecule has 0 radical (unpaired) electrons. The summed E-state index contributed by atoms with van der Waals surface area (Å²) in [4.78, 5) is 0. The molecular weight excluding hydrogens is 211 g/mol. The molecule has 1 aromatic heterocycles. The van der Waals surface area contributed by atoms with Gasteiger partial charge in [0.05, 0.1) is 0 Å². The molecule has 1 heterocycles. The van der Waals surface area contributed by atoms with Gasteiger partial charge in [-0.3, -0.25) is 0 Å². The first-order valence-electron chi connectivity index (χ1n) is 4.56. The maximum absolute atomic E-state index is 13.2. The molecule has 0 spiro atoms. The monoisotopic (exact) mass is 222 g/mol. The van der Waals surface area contributed by atoms with Crippen LogP contribution in [0.1, 0.15) is 5.56 Å². The molecule has 78 valence electrons. The summed E-state index contributed by atoms with van der Waals surface area (Å²) in [6, 6.07) is 6.69. The van der Waals surface area contributed by atoms with Gasteiger partial charge >= 0.3 is 0 Å². The van der Waals surface area contributed by atoms with Crippen LogP contribution in [0.15, 0.2) is 35.0 Å². The lowest BCUT2D eigenvalue weighted by Crippen LogP contribution is -1.98. The van der Waals surface area contributed by atoms with E-state index < -0.39 is 0 Å². The predicted molar refractivity (Wildman–Crippen MR) is 61.9 cm³/mol. The van der Waals surface area contributed by atoms with Gasteiger partial charge in [-0.1, -0.05) is 0 Å². The zero-order valence-electron chi connectivity index (χ0n) is 8.03. The third-order valence-electron chi connectivity index (χ3n) is 2.00. The standard InChI is InChI=1S/C11H11FN2S/c12-9-3-8(6-13)4-11(5-9)14-10-1-2-15-7-10/h1-5,7,14H,6,13H2. The van der Waals surface area contributed by atoms with Crippen LogP contribution in [-0.2, 0) is 6.54 Å². The van der Waals surface area contributed by atoms with E-state index in [4.69, 9.17) is 5.73 Å². The molecule has 0 fully saturated rings. The molecule has 0 saturated heterocycles. The highest BCUT2D eigenvalue weighted by Crippen LogP contribution is 2.21. The fourth-order valence-corrected chi connectivity index (χ4v) is 1.93. The minimum atomic E-state index is -0.268. The van der Waals surface area contributed by atoms with Gasteiger partial charge in [-0.05, 0) is 35.2 Å². The number of halogens is 1. The first-order valence-corrected chi connectivity index (χ1v) is 5.51. The second-order valence-electron chi connectivity index (χ2n) is 3.19. The Morgan fingerprint density at radius 3 is 2.80 bits per heavy atom. The largest absolute Gasteiger partial charge is 0.355 e. The molecule has 0 saturated carbocycles. The summed E-state index contributed by atoms with van der Waals surface area (Å²) < 4.78 is 13.2. The Morgan fingerprint density at radius 2 is 2.13 bits per heavy atom. The van der Waals surface area contributed by atoms with Gasteiger partial charge in [0.1, 0.15) is 5.82 Å². The molecule has 0 unspecified atom stereocenters. The summed E-state index contributed by atoms with van der Waals surface area (Å²) in [6.07, 6.45) is 0. The van der Waals surface area contributed by atoms with Crippen molar-refractivity contribution in [2.45, 2.75) is 6.54 Å². The van der Waals surface area contributed by atoms with Crippen LogP contribution in [0.2, 0.25) is 0 Å². The smallest absolute Gasteiger partial charge is 0.125 e. The van der Waals surface area contributed by atoms with Crippen LogP contribution < -0.4 is 11.1 Å². The van der Waals surface area contributed by atoms with E-state index in [1.165, 1.54) is 12.1 Å². The third-order valence-corrected chi connectivity index (χ3v) is 2.69. The van der Waals surface area contributed by atoms with Crippen molar-refractivity contribution in [1.82, 2.24) is 0 Å². The van der Waals surface area contributed by atoms with E-state index >= 15 is 0 Å². The molecule has 0 aliphatic heterocycles. The highest BCUT2D eigenvalue weighted by atomic mass is 32.1. The average molecular weight is 222 g/mol. The predicted octanol–water partition coefficient (Wildman–Crippen LogP) is 3.09. The highest BCUT2D eigenvalue weighted by Gasteiger charge is 2.00. The van der Waals surface area contributed by atoms with Crippen LogP contribution in [0.5, 0.6) is 0 Å². The van der Waals surface area contributed by atoms with Gasteiger partial charge in [0.15, 0.2) is 0 Å². The van der Waals surface area contributed by atoms with Crippen molar-refractivity contribution in [3.8, 4) is 0 Å². The summed E-state index contributed by atoms with van der Waals surface area (Å²) in [5.74, 6) is -0.268. The van der Waals surface area contributed by atoms with Gasteiger partial charge in [0, 0.05) is 23.3 Å². The van der Waals surface area contributed by atoms with Crippen molar-refractivity contribution < 1.29 is 4.39 Å². The third kappa shape index (κ3) is 2.55. The molecule has 0 aliphatic carbocycles. The summed E-state index contributed by atoms with van der Waals surface area (Å²) in [5.41, 5.74) is 7.95. The number of benzene rings is 1. The van der Waals surface area contributed by atoms with Gasteiger partial charge in [-0.2, -0.15) is 11.3 Å². The van der Waals surface area contributed by atoms with Gasteiger partial charge in [0.2, 0.25) is 0 Å². The highest BCUT2D eigenvalue weighted by molar-refractivity contribution is 7.08. The SMILES string of the molecule is NCc1cc(F)cc(Nc2ccsc2)c1. The minimum Gasteiger partial charge on any atom is -0.355 e. The maximum atomic E-state index is 13.2.